The van der Waals surface area contributed by atoms with Crippen LogP contribution in [-0.4, -0.2) is 49.0 Å². The lowest BCUT2D eigenvalue weighted by Gasteiger charge is -2.42. The van der Waals surface area contributed by atoms with Gasteiger partial charge in [-0.25, -0.2) is 0 Å². The summed E-state index contributed by atoms with van der Waals surface area (Å²) in [5, 5.41) is 3.12. The van der Waals surface area contributed by atoms with E-state index in [1.165, 1.54) is 28.1 Å². The lowest BCUT2D eigenvalue weighted by molar-refractivity contribution is -0.119. The Bertz CT molecular complexity index is 1100. The number of benzene rings is 3. The number of carbonyl (C=O) groups is 1. The van der Waals surface area contributed by atoms with Gasteiger partial charge in [-0.2, -0.15) is 0 Å². The second-order valence-corrected chi connectivity index (χ2v) is 10.2. The van der Waals surface area contributed by atoms with Crippen molar-refractivity contribution in [3.63, 3.8) is 0 Å². The van der Waals surface area contributed by atoms with Crippen molar-refractivity contribution in [2.75, 3.05) is 37.6 Å². The first kappa shape index (κ1) is 28.7. The number of piperidine rings is 1. The quantitative estimate of drug-likeness (QED) is 0.471. The summed E-state index contributed by atoms with van der Waals surface area (Å²) in [5.41, 5.74) is 7.03. The van der Waals surface area contributed by atoms with Crippen molar-refractivity contribution >= 4 is 29.7 Å². The summed E-state index contributed by atoms with van der Waals surface area (Å²) in [7, 11) is 0. The van der Waals surface area contributed by atoms with Crippen LogP contribution in [0.4, 0.5) is 11.4 Å². The first-order valence-electron chi connectivity index (χ1n) is 13.1. The van der Waals surface area contributed by atoms with Gasteiger partial charge in [0, 0.05) is 36.8 Å². The van der Waals surface area contributed by atoms with Crippen molar-refractivity contribution in [2.45, 2.75) is 44.4 Å². The molecule has 2 aliphatic rings. The first-order valence-corrected chi connectivity index (χ1v) is 13.1. The van der Waals surface area contributed by atoms with E-state index in [-0.39, 0.29) is 29.2 Å². The van der Waals surface area contributed by atoms with Crippen molar-refractivity contribution in [2.24, 2.45) is 0 Å². The SMILES string of the molecule is CC(=O)NCC1(c2ccccc2)CCN(CCCN2c3ccccc3CCc3ccccc32)CC1.Cl.O. The predicted octanol–water partition coefficient (Wildman–Crippen LogP) is 5.08. The van der Waals surface area contributed by atoms with Gasteiger partial charge in [0.15, 0.2) is 0 Å². The monoisotopic (exact) mass is 521 g/mol. The van der Waals surface area contributed by atoms with Gasteiger partial charge in [-0.05, 0) is 80.6 Å². The van der Waals surface area contributed by atoms with E-state index in [2.05, 4.69) is 94.0 Å². The minimum absolute atomic E-state index is 0. The molecule has 0 saturated carbocycles. The molecule has 5 rings (SSSR count). The molecular weight excluding hydrogens is 482 g/mol. The van der Waals surface area contributed by atoms with Crippen LogP contribution in [0.15, 0.2) is 78.9 Å². The Morgan fingerprint density at radius 1 is 0.811 bits per heavy atom. The fourth-order valence-corrected chi connectivity index (χ4v) is 5.92. The Morgan fingerprint density at radius 2 is 1.35 bits per heavy atom. The normalized spacial score (nSPS) is 16.3. The fourth-order valence-electron chi connectivity index (χ4n) is 5.92. The standard InChI is InChI=1S/C31H37N3O.ClH.H2O/c1-25(35)32-24-31(28-12-3-2-4-13-28)18-22-33(23-19-31)20-9-21-34-29-14-7-5-10-26(29)16-17-27-11-6-8-15-30(27)34;;/h2-8,10-15H,9,16-24H2,1H3,(H,32,35);1H;1H2. The van der Waals surface area contributed by atoms with Gasteiger partial charge in [0.2, 0.25) is 5.91 Å². The highest BCUT2D eigenvalue weighted by Crippen LogP contribution is 2.37. The molecule has 1 amide bonds. The molecule has 0 atom stereocenters. The number of amides is 1. The molecule has 2 aliphatic heterocycles. The molecule has 0 radical (unpaired) electrons. The van der Waals surface area contributed by atoms with E-state index in [1.54, 1.807) is 6.92 Å². The number of fused-ring (bicyclic) bond motifs is 2. The molecule has 3 aromatic rings. The second-order valence-electron chi connectivity index (χ2n) is 10.2. The fraction of sp³-hybridized carbons (Fsp3) is 0.387. The topological polar surface area (TPSA) is 67.1 Å². The Hall–Kier alpha value is -2.86. The third-order valence-electron chi connectivity index (χ3n) is 7.96. The van der Waals surface area contributed by atoms with Crippen LogP contribution in [0.5, 0.6) is 0 Å². The molecule has 1 saturated heterocycles. The number of para-hydroxylation sites is 2. The van der Waals surface area contributed by atoms with Crippen LogP contribution >= 0.6 is 12.4 Å². The highest BCUT2D eigenvalue weighted by Gasteiger charge is 2.36. The number of nitrogens with zero attached hydrogens (tertiary/aromatic N) is 2. The zero-order valence-electron chi connectivity index (χ0n) is 21.8. The number of hydrogen-bond acceptors (Lipinski definition) is 3. The minimum Gasteiger partial charge on any atom is -0.412 e. The van der Waals surface area contributed by atoms with Crippen molar-refractivity contribution in [3.05, 3.63) is 95.6 Å². The molecule has 6 heteroatoms. The smallest absolute Gasteiger partial charge is 0.216 e. The van der Waals surface area contributed by atoms with E-state index in [0.29, 0.717) is 0 Å². The maximum Gasteiger partial charge on any atom is 0.216 e. The van der Waals surface area contributed by atoms with E-state index in [1.807, 2.05) is 0 Å². The minimum atomic E-state index is 0. The zero-order valence-corrected chi connectivity index (χ0v) is 22.6. The van der Waals surface area contributed by atoms with Crippen molar-refractivity contribution in [1.82, 2.24) is 10.2 Å². The Morgan fingerprint density at radius 3 is 1.92 bits per heavy atom. The van der Waals surface area contributed by atoms with Crippen LogP contribution < -0.4 is 10.2 Å². The highest BCUT2D eigenvalue weighted by atomic mass is 35.5. The predicted molar refractivity (Wildman–Crippen MR) is 155 cm³/mol. The third kappa shape index (κ3) is 6.53. The Kier molecular flexibility index (Phi) is 10.2. The summed E-state index contributed by atoms with van der Waals surface area (Å²) < 4.78 is 0. The molecule has 37 heavy (non-hydrogen) atoms. The van der Waals surface area contributed by atoms with Gasteiger partial charge in [-0.1, -0.05) is 66.7 Å². The van der Waals surface area contributed by atoms with Gasteiger partial charge < -0.3 is 20.6 Å². The van der Waals surface area contributed by atoms with Gasteiger partial charge in [0.05, 0.1) is 0 Å². The van der Waals surface area contributed by atoms with E-state index in [0.717, 1.165) is 64.8 Å². The summed E-state index contributed by atoms with van der Waals surface area (Å²) >= 11 is 0. The third-order valence-corrected chi connectivity index (χ3v) is 7.96. The number of halogens is 1. The average Bonchev–Trinajstić information content (AvgIpc) is 3.06. The molecular formula is C31H40ClN3O2. The Balaban J connectivity index is 0.00000190. The van der Waals surface area contributed by atoms with E-state index < -0.39 is 0 Å². The maximum atomic E-state index is 11.7. The van der Waals surface area contributed by atoms with Gasteiger partial charge in [0.25, 0.3) is 0 Å². The molecule has 0 spiro atoms. The molecule has 198 valence electrons. The lowest BCUT2D eigenvalue weighted by Crippen LogP contribution is -2.49. The molecule has 1 fully saturated rings. The van der Waals surface area contributed by atoms with Crippen LogP contribution in [0.1, 0.15) is 42.9 Å². The molecule has 5 nitrogen and oxygen atoms in total. The lowest BCUT2D eigenvalue weighted by atomic mass is 9.72. The molecule has 0 aromatic heterocycles. The highest BCUT2D eigenvalue weighted by molar-refractivity contribution is 5.85. The van der Waals surface area contributed by atoms with Gasteiger partial charge in [0.1, 0.15) is 0 Å². The number of carbonyl (C=O) groups excluding carboxylic acids is 1. The first-order chi connectivity index (χ1) is 17.1. The van der Waals surface area contributed by atoms with Crippen molar-refractivity contribution < 1.29 is 10.3 Å². The summed E-state index contributed by atoms with van der Waals surface area (Å²) in [4.78, 5) is 16.9. The van der Waals surface area contributed by atoms with Gasteiger partial charge >= 0.3 is 0 Å². The van der Waals surface area contributed by atoms with Crippen molar-refractivity contribution in [3.8, 4) is 0 Å². The molecule has 3 N–H and O–H groups in total. The number of anilines is 2. The number of nitrogens with one attached hydrogen (secondary N) is 1. The van der Waals surface area contributed by atoms with Crippen LogP contribution in [-0.2, 0) is 23.1 Å². The molecule has 2 heterocycles. The van der Waals surface area contributed by atoms with Crippen LogP contribution in [0.3, 0.4) is 0 Å². The van der Waals surface area contributed by atoms with Crippen LogP contribution in [0, 0.1) is 0 Å². The zero-order chi connectivity index (χ0) is 24.1. The summed E-state index contributed by atoms with van der Waals surface area (Å²) in [5.74, 6) is 0.0562. The molecule has 0 aliphatic carbocycles. The van der Waals surface area contributed by atoms with Crippen LogP contribution in [0.2, 0.25) is 0 Å². The summed E-state index contributed by atoms with van der Waals surface area (Å²) in [6.07, 6.45) is 5.49. The van der Waals surface area contributed by atoms with E-state index >= 15 is 0 Å². The molecule has 3 aromatic carbocycles. The number of hydrogen-bond donors (Lipinski definition) is 1. The number of aryl methyl sites for hydroxylation is 2. The summed E-state index contributed by atoms with van der Waals surface area (Å²) in [6, 6.07) is 28.6. The van der Waals surface area contributed by atoms with E-state index in [4.69, 9.17) is 0 Å². The van der Waals surface area contributed by atoms with Crippen LogP contribution in [0.25, 0.3) is 0 Å². The number of rotatable bonds is 7. The number of likely N-dealkylation sites (tertiary alicyclic amines) is 1. The molecule has 0 unspecified atom stereocenters. The van der Waals surface area contributed by atoms with Gasteiger partial charge in [-0.3, -0.25) is 4.79 Å². The van der Waals surface area contributed by atoms with Gasteiger partial charge in [-0.15, -0.1) is 12.4 Å². The molecule has 0 bridgehead atoms. The van der Waals surface area contributed by atoms with E-state index in [9.17, 15) is 4.79 Å². The largest absolute Gasteiger partial charge is 0.412 e. The average molecular weight is 522 g/mol. The maximum absolute atomic E-state index is 11.7. The second kappa shape index (κ2) is 13.1. The van der Waals surface area contributed by atoms with Crippen molar-refractivity contribution in [1.29, 1.82) is 0 Å². The summed E-state index contributed by atoms with van der Waals surface area (Å²) in [6.45, 7) is 6.61. The Labute approximate surface area is 227 Å².